The maximum Gasteiger partial charge on any atom is 0.514 e. The summed E-state index contributed by atoms with van der Waals surface area (Å²) < 4.78 is 59.4. The number of alkyl halides is 3. The van der Waals surface area contributed by atoms with Crippen LogP contribution >= 0.6 is 0 Å². The highest BCUT2D eigenvalue weighted by molar-refractivity contribution is 5.65. The molecule has 2 rings (SSSR count). The summed E-state index contributed by atoms with van der Waals surface area (Å²) in [7, 11) is 2.22. The molecule has 0 amide bonds. The van der Waals surface area contributed by atoms with E-state index in [2.05, 4.69) is 9.47 Å². The van der Waals surface area contributed by atoms with E-state index >= 15 is 0 Å². The molecule has 0 saturated heterocycles. The van der Waals surface area contributed by atoms with Crippen LogP contribution in [0.1, 0.15) is 11.7 Å². The molecule has 0 aromatic heterocycles. The van der Waals surface area contributed by atoms with E-state index < -0.39 is 39.5 Å². The lowest BCUT2D eigenvalue weighted by atomic mass is 10.1. The first-order valence-electron chi connectivity index (χ1n) is 8.07. The molecule has 0 fully saturated rings. The molecule has 31 heavy (non-hydrogen) atoms. The first-order chi connectivity index (χ1) is 14.5. The van der Waals surface area contributed by atoms with Crippen molar-refractivity contribution < 1.29 is 46.8 Å². The maximum absolute atomic E-state index is 13.6. The normalized spacial score (nSPS) is 11.9. The van der Waals surface area contributed by atoms with Crippen molar-refractivity contribution >= 4 is 17.5 Å². The SMILES string of the molecule is COc1cc(C(OC(=O)Oc2ccc([N+](=O)[O-])cc2)C(F)(F)F)c([N+](=O)[O-])cc1OC. The van der Waals surface area contributed by atoms with Crippen LogP contribution in [0.25, 0.3) is 0 Å². The largest absolute Gasteiger partial charge is 0.514 e. The van der Waals surface area contributed by atoms with Crippen LogP contribution in [0, 0.1) is 20.2 Å². The molecule has 0 bridgehead atoms. The number of benzene rings is 2. The standard InChI is InChI=1S/C17H13F3N2O9/c1-28-13-7-11(12(22(26)27)8-14(13)29-2)15(17(18,19)20)31-16(23)30-10-5-3-9(4-6-10)21(24)25/h3-8,15H,1-2H3. The van der Waals surface area contributed by atoms with Crippen molar-refractivity contribution in [1.82, 2.24) is 0 Å². The van der Waals surface area contributed by atoms with Gasteiger partial charge in [-0.05, 0) is 18.2 Å². The lowest BCUT2D eigenvalue weighted by Gasteiger charge is -2.21. The summed E-state index contributed by atoms with van der Waals surface area (Å²) in [5.74, 6) is -0.838. The molecular weight excluding hydrogens is 433 g/mol. The van der Waals surface area contributed by atoms with Crippen LogP contribution in [0.15, 0.2) is 36.4 Å². The summed E-state index contributed by atoms with van der Waals surface area (Å²) in [5.41, 5.74) is -2.42. The second kappa shape index (κ2) is 9.15. The Kier molecular flexibility index (Phi) is 6.84. The van der Waals surface area contributed by atoms with Crippen LogP contribution in [-0.4, -0.2) is 36.4 Å². The maximum atomic E-state index is 13.6. The van der Waals surface area contributed by atoms with Crippen LogP contribution in [-0.2, 0) is 4.74 Å². The average molecular weight is 446 g/mol. The van der Waals surface area contributed by atoms with Gasteiger partial charge in [-0.2, -0.15) is 13.2 Å². The zero-order valence-corrected chi connectivity index (χ0v) is 15.7. The third-order valence-electron chi connectivity index (χ3n) is 3.77. The van der Waals surface area contributed by atoms with Crippen LogP contribution in [0.5, 0.6) is 17.2 Å². The minimum atomic E-state index is -5.27. The molecule has 1 unspecified atom stereocenters. The summed E-state index contributed by atoms with van der Waals surface area (Å²) in [5, 5.41) is 21.9. The highest BCUT2D eigenvalue weighted by Gasteiger charge is 2.48. The number of carbonyl (C=O) groups is 1. The Labute approximate surface area is 171 Å². The molecule has 2 aromatic rings. The van der Waals surface area contributed by atoms with Crippen LogP contribution < -0.4 is 14.2 Å². The molecule has 0 aliphatic heterocycles. The fraction of sp³-hybridized carbons (Fsp3) is 0.235. The number of hydrogen-bond donors (Lipinski definition) is 0. The molecule has 0 N–H and O–H groups in total. The van der Waals surface area contributed by atoms with E-state index in [9.17, 15) is 38.2 Å². The number of nitro groups is 2. The van der Waals surface area contributed by atoms with E-state index in [4.69, 9.17) is 9.47 Å². The number of nitro benzene ring substituents is 2. The molecule has 0 spiro atoms. The first kappa shape index (κ1) is 23.2. The summed E-state index contributed by atoms with van der Waals surface area (Å²) in [6, 6.07) is 5.17. The van der Waals surface area contributed by atoms with Gasteiger partial charge in [0.05, 0.1) is 35.7 Å². The number of ether oxygens (including phenoxy) is 4. The van der Waals surface area contributed by atoms with Crippen molar-refractivity contribution in [2.24, 2.45) is 0 Å². The quantitative estimate of drug-likeness (QED) is 0.263. The van der Waals surface area contributed by atoms with Crippen LogP contribution in [0.3, 0.4) is 0 Å². The number of nitrogens with zero attached hydrogens (tertiary/aromatic N) is 2. The zero-order valence-electron chi connectivity index (χ0n) is 15.7. The Balaban J connectivity index is 2.39. The van der Waals surface area contributed by atoms with Gasteiger partial charge in [0.25, 0.3) is 11.4 Å². The molecule has 0 radical (unpaired) electrons. The Bertz CT molecular complexity index is 994. The molecule has 0 aliphatic carbocycles. The number of non-ortho nitro benzene ring substituents is 1. The second-order valence-electron chi connectivity index (χ2n) is 5.67. The molecule has 2 aromatic carbocycles. The van der Waals surface area contributed by atoms with Gasteiger partial charge in [0.1, 0.15) is 5.75 Å². The third kappa shape index (κ3) is 5.49. The molecule has 0 heterocycles. The Hall–Kier alpha value is -4.10. The molecule has 0 aliphatic rings. The van der Waals surface area contributed by atoms with E-state index in [-0.39, 0.29) is 22.9 Å². The number of hydrogen-bond acceptors (Lipinski definition) is 9. The fourth-order valence-corrected chi connectivity index (χ4v) is 2.41. The number of methoxy groups -OCH3 is 2. The van der Waals surface area contributed by atoms with E-state index in [1.807, 2.05) is 0 Å². The fourth-order valence-electron chi connectivity index (χ4n) is 2.41. The van der Waals surface area contributed by atoms with Gasteiger partial charge in [-0.25, -0.2) is 4.79 Å². The summed E-state index contributed by atoms with van der Waals surface area (Å²) in [6.07, 6.45) is -10.2. The zero-order chi connectivity index (χ0) is 23.3. The van der Waals surface area contributed by atoms with Crippen molar-refractivity contribution in [2.75, 3.05) is 14.2 Å². The van der Waals surface area contributed by atoms with E-state index in [0.29, 0.717) is 12.1 Å². The number of carbonyl (C=O) groups excluding carboxylic acids is 1. The lowest BCUT2D eigenvalue weighted by molar-refractivity contribution is -0.387. The number of rotatable bonds is 7. The van der Waals surface area contributed by atoms with Gasteiger partial charge in [-0.1, -0.05) is 0 Å². The monoisotopic (exact) mass is 446 g/mol. The number of halogens is 3. The lowest BCUT2D eigenvalue weighted by Crippen LogP contribution is -2.28. The van der Waals surface area contributed by atoms with Gasteiger partial charge in [0, 0.05) is 12.1 Å². The Morgan fingerprint density at radius 3 is 1.97 bits per heavy atom. The predicted octanol–water partition coefficient (Wildman–Crippen LogP) is 4.34. The van der Waals surface area contributed by atoms with Crippen LogP contribution in [0.4, 0.5) is 29.3 Å². The molecule has 14 heteroatoms. The molecule has 1 atom stereocenters. The smallest absolute Gasteiger partial charge is 0.493 e. The van der Waals surface area contributed by atoms with Crippen molar-refractivity contribution in [1.29, 1.82) is 0 Å². The highest BCUT2D eigenvalue weighted by atomic mass is 19.4. The Morgan fingerprint density at radius 2 is 1.52 bits per heavy atom. The van der Waals surface area contributed by atoms with E-state index in [1.165, 1.54) is 0 Å². The Morgan fingerprint density at radius 1 is 0.968 bits per heavy atom. The molecule has 166 valence electrons. The summed E-state index contributed by atoms with van der Waals surface area (Å²) in [4.78, 5) is 32.0. The van der Waals surface area contributed by atoms with Crippen molar-refractivity contribution in [2.45, 2.75) is 12.3 Å². The van der Waals surface area contributed by atoms with E-state index in [1.54, 1.807) is 0 Å². The molecule has 11 nitrogen and oxygen atoms in total. The second-order valence-corrected chi connectivity index (χ2v) is 5.67. The minimum Gasteiger partial charge on any atom is -0.493 e. The van der Waals surface area contributed by atoms with Gasteiger partial charge in [0.2, 0.25) is 6.10 Å². The van der Waals surface area contributed by atoms with Gasteiger partial charge in [-0.3, -0.25) is 20.2 Å². The third-order valence-corrected chi connectivity index (χ3v) is 3.77. The highest BCUT2D eigenvalue weighted by Crippen LogP contribution is 2.44. The topological polar surface area (TPSA) is 140 Å². The summed E-state index contributed by atoms with van der Waals surface area (Å²) in [6.45, 7) is 0. The van der Waals surface area contributed by atoms with Crippen molar-refractivity contribution in [3.63, 3.8) is 0 Å². The summed E-state index contributed by atoms with van der Waals surface area (Å²) >= 11 is 0. The average Bonchev–Trinajstić information content (AvgIpc) is 2.70. The van der Waals surface area contributed by atoms with Crippen molar-refractivity contribution in [3.05, 3.63) is 62.2 Å². The van der Waals surface area contributed by atoms with E-state index in [0.717, 1.165) is 38.5 Å². The molecular formula is C17H13F3N2O9. The van der Waals surface area contributed by atoms with Gasteiger partial charge in [-0.15, -0.1) is 0 Å². The molecule has 0 saturated carbocycles. The van der Waals surface area contributed by atoms with Crippen LogP contribution in [0.2, 0.25) is 0 Å². The van der Waals surface area contributed by atoms with Crippen molar-refractivity contribution in [3.8, 4) is 17.2 Å². The van der Waals surface area contributed by atoms with Gasteiger partial charge in [0.15, 0.2) is 11.5 Å². The first-order valence-corrected chi connectivity index (χ1v) is 8.07. The predicted molar refractivity (Wildman–Crippen MR) is 95.2 cm³/mol. The van der Waals surface area contributed by atoms with Gasteiger partial charge < -0.3 is 18.9 Å². The van der Waals surface area contributed by atoms with Gasteiger partial charge >= 0.3 is 12.3 Å². The minimum absolute atomic E-state index is 0.215.